The van der Waals surface area contributed by atoms with Gasteiger partial charge in [0.05, 0.1) is 0 Å². The molecular formula is C10H16N6O. The molecule has 0 aliphatic carbocycles. The van der Waals surface area contributed by atoms with Crippen LogP contribution in [-0.2, 0) is 0 Å². The minimum Gasteiger partial charge on any atom is -0.369 e. The molecule has 0 saturated heterocycles. The van der Waals surface area contributed by atoms with Crippen LogP contribution in [0, 0.1) is 0 Å². The summed E-state index contributed by atoms with van der Waals surface area (Å²) in [5.41, 5.74) is 0.290. The van der Waals surface area contributed by atoms with Gasteiger partial charge in [0.25, 0.3) is 0 Å². The van der Waals surface area contributed by atoms with Gasteiger partial charge in [-0.15, -0.1) is 0 Å². The highest BCUT2D eigenvalue weighted by atomic mass is 16.1. The Morgan fingerprint density at radius 3 is 3.12 bits per heavy atom. The van der Waals surface area contributed by atoms with E-state index in [2.05, 4.69) is 32.7 Å². The van der Waals surface area contributed by atoms with Gasteiger partial charge in [-0.25, -0.2) is 19.3 Å². The van der Waals surface area contributed by atoms with Gasteiger partial charge >= 0.3 is 5.69 Å². The molecule has 0 spiro atoms. The third kappa shape index (κ3) is 2.82. The molecule has 0 fully saturated rings. The van der Waals surface area contributed by atoms with Gasteiger partial charge in [-0.1, -0.05) is 6.92 Å². The van der Waals surface area contributed by atoms with E-state index >= 15 is 0 Å². The molecule has 17 heavy (non-hydrogen) atoms. The van der Waals surface area contributed by atoms with E-state index in [4.69, 9.17) is 0 Å². The lowest BCUT2D eigenvalue weighted by Crippen LogP contribution is -2.23. The molecule has 2 heterocycles. The van der Waals surface area contributed by atoms with E-state index in [-0.39, 0.29) is 5.69 Å². The van der Waals surface area contributed by atoms with Crippen LogP contribution in [0.15, 0.2) is 17.2 Å². The third-order valence-corrected chi connectivity index (χ3v) is 2.34. The molecule has 2 aromatic heterocycles. The van der Waals surface area contributed by atoms with Crippen molar-refractivity contribution in [1.29, 1.82) is 0 Å². The van der Waals surface area contributed by atoms with Gasteiger partial charge in [0.1, 0.15) is 12.1 Å². The molecule has 0 amide bonds. The highest BCUT2D eigenvalue weighted by molar-refractivity contribution is 5.48. The number of anilines is 1. The zero-order chi connectivity index (χ0) is 12.1. The number of rotatable bonds is 6. The summed E-state index contributed by atoms with van der Waals surface area (Å²) in [6.07, 6.45) is 2.59. The van der Waals surface area contributed by atoms with Crippen LogP contribution in [0.5, 0.6) is 0 Å². The van der Waals surface area contributed by atoms with Crippen LogP contribution < -0.4 is 16.3 Å². The van der Waals surface area contributed by atoms with Gasteiger partial charge in [-0.3, -0.25) is 0 Å². The van der Waals surface area contributed by atoms with Crippen molar-refractivity contribution in [2.75, 3.05) is 25.0 Å². The van der Waals surface area contributed by atoms with Crippen molar-refractivity contribution in [2.45, 2.75) is 13.3 Å². The number of nitrogens with one attached hydrogen (secondary N) is 3. The van der Waals surface area contributed by atoms with E-state index in [1.165, 1.54) is 10.7 Å². The number of H-pyrrole nitrogens is 1. The molecule has 7 heteroatoms. The van der Waals surface area contributed by atoms with E-state index in [1.54, 1.807) is 6.07 Å². The van der Waals surface area contributed by atoms with Crippen LogP contribution in [0.3, 0.4) is 0 Å². The first-order valence-corrected chi connectivity index (χ1v) is 5.68. The van der Waals surface area contributed by atoms with Gasteiger partial charge in [-0.2, -0.15) is 5.10 Å². The summed E-state index contributed by atoms with van der Waals surface area (Å²) in [7, 11) is 0. The molecule has 0 saturated carbocycles. The summed E-state index contributed by atoms with van der Waals surface area (Å²) in [6, 6.07) is 1.73. The normalized spacial score (nSPS) is 10.9. The molecule has 0 aliphatic rings. The summed E-state index contributed by atoms with van der Waals surface area (Å²) in [5.74, 6) is 0.717. The van der Waals surface area contributed by atoms with E-state index in [9.17, 15) is 4.79 Å². The van der Waals surface area contributed by atoms with Crippen molar-refractivity contribution in [3.05, 3.63) is 22.9 Å². The summed E-state index contributed by atoms with van der Waals surface area (Å²) in [5, 5.41) is 12.7. The molecule has 0 radical (unpaired) electrons. The van der Waals surface area contributed by atoms with Crippen LogP contribution in [0.1, 0.15) is 13.3 Å². The average Bonchev–Trinajstić information content (AvgIpc) is 2.71. The number of hydrogen-bond acceptors (Lipinski definition) is 5. The Bertz CT molecular complexity index is 531. The molecule has 92 valence electrons. The number of hydrogen-bond donors (Lipinski definition) is 3. The molecule has 0 aliphatic heterocycles. The fraction of sp³-hybridized carbons (Fsp3) is 0.500. The predicted octanol–water partition coefficient (Wildman–Crippen LogP) is -0.171. The first kappa shape index (κ1) is 11.6. The highest BCUT2D eigenvalue weighted by Crippen LogP contribution is 2.02. The van der Waals surface area contributed by atoms with E-state index < -0.39 is 0 Å². The maximum atomic E-state index is 11.2. The minimum atomic E-state index is -0.274. The topological polar surface area (TPSA) is 87.1 Å². The van der Waals surface area contributed by atoms with Crippen molar-refractivity contribution < 1.29 is 0 Å². The summed E-state index contributed by atoms with van der Waals surface area (Å²) >= 11 is 0. The second-order valence-corrected chi connectivity index (χ2v) is 3.71. The van der Waals surface area contributed by atoms with Gasteiger partial charge < -0.3 is 10.6 Å². The maximum absolute atomic E-state index is 11.2. The third-order valence-electron chi connectivity index (χ3n) is 2.34. The standard InChI is InChI=1S/C10H16N6O/c1-2-3-11-4-5-12-8-6-9-14-15-10(17)16(9)7-13-8/h6-7,11-12H,2-5H2,1H3,(H,15,17). The van der Waals surface area contributed by atoms with Crippen molar-refractivity contribution >= 4 is 11.5 Å². The average molecular weight is 236 g/mol. The zero-order valence-electron chi connectivity index (χ0n) is 9.73. The minimum absolute atomic E-state index is 0.274. The van der Waals surface area contributed by atoms with E-state index in [0.717, 1.165) is 31.9 Å². The molecular weight excluding hydrogens is 220 g/mol. The predicted molar refractivity (Wildman–Crippen MR) is 65.3 cm³/mol. The first-order chi connectivity index (χ1) is 8.31. The lowest BCUT2D eigenvalue weighted by molar-refractivity contribution is 0.687. The summed E-state index contributed by atoms with van der Waals surface area (Å²) in [4.78, 5) is 15.3. The lowest BCUT2D eigenvalue weighted by atomic mass is 10.4. The Balaban J connectivity index is 1.93. The van der Waals surface area contributed by atoms with Gasteiger partial charge in [0, 0.05) is 19.2 Å². The first-order valence-electron chi connectivity index (χ1n) is 5.68. The van der Waals surface area contributed by atoms with Crippen LogP contribution in [0.2, 0.25) is 0 Å². The molecule has 7 nitrogen and oxygen atoms in total. The fourth-order valence-corrected chi connectivity index (χ4v) is 1.49. The number of aromatic amines is 1. The Morgan fingerprint density at radius 1 is 1.41 bits per heavy atom. The van der Waals surface area contributed by atoms with E-state index in [0.29, 0.717) is 5.65 Å². The number of fused-ring (bicyclic) bond motifs is 1. The largest absolute Gasteiger partial charge is 0.369 e. The summed E-state index contributed by atoms with van der Waals surface area (Å²) < 4.78 is 1.36. The molecule has 0 unspecified atom stereocenters. The smallest absolute Gasteiger partial charge is 0.348 e. The Kier molecular flexibility index (Phi) is 3.71. The van der Waals surface area contributed by atoms with Crippen LogP contribution in [-0.4, -0.2) is 39.2 Å². The number of aromatic nitrogens is 4. The van der Waals surface area contributed by atoms with Crippen molar-refractivity contribution in [2.24, 2.45) is 0 Å². The molecule has 0 aromatic carbocycles. The van der Waals surface area contributed by atoms with Crippen molar-refractivity contribution in [3.8, 4) is 0 Å². The number of nitrogens with zero attached hydrogens (tertiary/aromatic N) is 3. The van der Waals surface area contributed by atoms with E-state index in [1.807, 2.05) is 0 Å². The lowest BCUT2D eigenvalue weighted by Gasteiger charge is -2.05. The second-order valence-electron chi connectivity index (χ2n) is 3.71. The van der Waals surface area contributed by atoms with Gasteiger partial charge in [0.2, 0.25) is 0 Å². The zero-order valence-corrected chi connectivity index (χ0v) is 9.73. The molecule has 2 aromatic rings. The quantitative estimate of drug-likeness (QED) is 0.606. The SMILES string of the molecule is CCCNCCNc1cc2n[nH]c(=O)n2cn1. The molecule has 0 bridgehead atoms. The fourth-order valence-electron chi connectivity index (χ4n) is 1.49. The van der Waals surface area contributed by atoms with Crippen LogP contribution >= 0.6 is 0 Å². The molecule has 2 rings (SSSR count). The van der Waals surface area contributed by atoms with Gasteiger partial charge in [-0.05, 0) is 13.0 Å². The Morgan fingerprint density at radius 2 is 2.29 bits per heavy atom. The highest BCUT2D eigenvalue weighted by Gasteiger charge is 2.01. The second kappa shape index (κ2) is 5.44. The van der Waals surface area contributed by atoms with Crippen LogP contribution in [0.4, 0.5) is 5.82 Å². The maximum Gasteiger partial charge on any atom is 0.348 e. The summed E-state index contributed by atoms with van der Waals surface area (Å²) in [6.45, 7) is 4.82. The monoisotopic (exact) mass is 236 g/mol. The molecule has 0 atom stereocenters. The molecule has 3 N–H and O–H groups in total. The van der Waals surface area contributed by atoms with Crippen molar-refractivity contribution in [1.82, 2.24) is 24.9 Å². The Hall–Kier alpha value is -1.89. The van der Waals surface area contributed by atoms with Crippen LogP contribution in [0.25, 0.3) is 5.65 Å². The Labute approximate surface area is 98.3 Å². The van der Waals surface area contributed by atoms with Gasteiger partial charge in [0.15, 0.2) is 5.65 Å². The van der Waals surface area contributed by atoms with Crippen molar-refractivity contribution in [3.63, 3.8) is 0 Å².